The molecule has 0 spiro atoms. The van der Waals surface area contributed by atoms with Crippen LogP contribution in [0.1, 0.15) is 18.1 Å². The van der Waals surface area contributed by atoms with Gasteiger partial charge in [0.05, 0.1) is 10.7 Å². The van der Waals surface area contributed by atoms with Crippen LogP contribution in [0.25, 0.3) is 0 Å². The van der Waals surface area contributed by atoms with Crippen LogP contribution >= 0.6 is 11.6 Å². The van der Waals surface area contributed by atoms with Gasteiger partial charge in [0.2, 0.25) is 5.60 Å². The molecular weight excluding hydrogens is 343 g/mol. The van der Waals surface area contributed by atoms with Gasteiger partial charge in [-0.2, -0.15) is 13.2 Å². The second-order valence-electron chi connectivity index (χ2n) is 5.50. The predicted molar refractivity (Wildman–Crippen MR) is 86.0 cm³/mol. The van der Waals surface area contributed by atoms with E-state index in [1.165, 1.54) is 6.07 Å². The Labute approximate surface area is 142 Å². The molecule has 0 saturated carbocycles. The van der Waals surface area contributed by atoms with Gasteiger partial charge in [-0.05, 0) is 36.6 Å². The Kier molecular flexibility index (Phi) is 5.20. The van der Waals surface area contributed by atoms with E-state index in [0.717, 1.165) is 11.1 Å². The number of carbonyl (C=O) groups excluding carboxylic acids is 1. The summed E-state index contributed by atoms with van der Waals surface area (Å²) in [5.74, 6) is -1.59. The zero-order chi connectivity index (χ0) is 18.0. The van der Waals surface area contributed by atoms with Gasteiger partial charge in [-0.3, -0.25) is 4.79 Å². The minimum atomic E-state index is -5.09. The van der Waals surface area contributed by atoms with Crippen molar-refractivity contribution in [1.29, 1.82) is 0 Å². The Morgan fingerprint density at radius 1 is 1.12 bits per heavy atom. The van der Waals surface area contributed by atoms with Gasteiger partial charge in [0.25, 0.3) is 5.91 Å². The lowest BCUT2D eigenvalue weighted by atomic mass is 10.0. The van der Waals surface area contributed by atoms with Gasteiger partial charge in [0, 0.05) is 0 Å². The maximum atomic E-state index is 12.6. The molecule has 2 aromatic carbocycles. The second-order valence-corrected chi connectivity index (χ2v) is 5.91. The first-order valence-electron chi connectivity index (χ1n) is 7.04. The van der Waals surface area contributed by atoms with Crippen molar-refractivity contribution in [3.05, 3.63) is 64.7 Å². The number of amides is 1. The van der Waals surface area contributed by atoms with E-state index in [1.807, 2.05) is 35.6 Å². The van der Waals surface area contributed by atoms with Gasteiger partial charge >= 0.3 is 6.18 Å². The second kappa shape index (κ2) is 6.83. The first-order chi connectivity index (χ1) is 11.1. The Hall–Kier alpha value is -2.05. The van der Waals surface area contributed by atoms with E-state index in [1.54, 1.807) is 12.1 Å². The molecule has 0 saturated heterocycles. The van der Waals surface area contributed by atoms with Gasteiger partial charge in [0.15, 0.2) is 0 Å². The first kappa shape index (κ1) is 18.3. The lowest BCUT2D eigenvalue weighted by molar-refractivity contribution is -0.242. The summed E-state index contributed by atoms with van der Waals surface area (Å²) < 4.78 is 37.9. The fourth-order valence-electron chi connectivity index (χ4n) is 1.97. The standard InChI is InChI=1S/C17H15ClF3NO2/c1-16(24,17(19,20)21)15(23)22-14-8-7-12(10-13(14)18)9-11-5-3-2-4-6-11/h2-8,10,24H,9H2,1H3,(H,22,23). The summed E-state index contributed by atoms with van der Waals surface area (Å²) in [7, 11) is 0. The minimum absolute atomic E-state index is 0.00278. The number of alkyl halides is 3. The zero-order valence-electron chi connectivity index (χ0n) is 12.7. The van der Waals surface area contributed by atoms with Gasteiger partial charge in [-0.15, -0.1) is 0 Å². The molecule has 0 fully saturated rings. The highest BCUT2D eigenvalue weighted by molar-refractivity contribution is 6.33. The molecule has 24 heavy (non-hydrogen) atoms. The van der Waals surface area contributed by atoms with Crippen molar-refractivity contribution in [2.45, 2.75) is 25.1 Å². The van der Waals surface area contributed by atoms with Crippen molar-refractivity contribution >= 4 is 23.2 Å². The van der Waals surface area contributed by atoms with Gasteiger partial charge < -0.3 is 10.4 Å². The molecule has 1 unspecified atom stereocenters. The monoisotopic (exact) mass is 357 g/mol. The van der Waals surface area contributed by atoms with Crippen molar-refractivity contribution in [1.82, 2.24) is 0 Å². The average Bonchev–Trinajstić information content (AvgIpc) is 2.49. The number of benzene rings is 2. The lowest BCUT2D eigenvalue weighted by Gasteiger charge is -2.25. The molecule has 0 aromatic heterocycles. The van der Waals surface area contributed by atoms with Crippen LogP contribution in [0.3, 0.4) is 0 Å². The number of hydrogen-bond acceptors (Lipinski definition) is 2. The van der Waals surface area contributed by atoms with Crippen LogP contribution in [0, 0.1) is 0 Å². The third-order valence-electron chi connectivity index (χ3n) is 3.53. The Morgan fingerprint density at radius 2 is 1.75 bits per heavy atom. The smallest absolute Gasteiger partial charge is 0.373 e. The fraction of sp³-hybridized carbons (Fsp3) is 0.235. The molecule has 2 rings (SSSR count). The number of rotatable bonds is 4. The van der Waals surface area contributed by atoms with E-state index in [9.17, 15) is 23.1 Å². The fourth-order valence-corrected chi connectivity index (χ4v) is 2.22. The molecule has 0 radical (unpaired) electrons. The van der Waals surface area contributed by atoms with Gasteiger partial charge in [-0.1, -0.05) is 48.0 Å². The molecule has 128 valence electrons. The van der Waals surface area contributed by atoms with Crippen molar-refractivity contribution in [3.8, 4) is 0 Å². The van der Waals surface area contributed by atoms with Gasteiger partial charge in [0.1, 0.15) is 0 Å². The molecule has 0 aliphatic carbocycles. The van der Waals surface area contributed by atoms with E-state index >= 15 is 0 Å². The van der Waals surface area contributed by atoms with Crippen LogP contribution in [0.4, 0.5) is 18.9 Å². The highest BCUT2D eigenvalue weighted by Gasteiger charge is 2.55. The van der Waals surface area contributed by atoms with Crippen LogP contribution in [0.15, 0.2) is 48.5 Å². The summed E-state index contributed by atoms with van der Waals surface area (Å²) in [5, 5.41) is 11.4. The zero-order valence-corrected chi connectivity index (χ0v) is 13.4. The highest BCUT2D eigenvalue weighted by atomic mass is 35.5. The normalized spacial score (nSPS) is 14.1. The summed E-state index contributed by atoms with van der Waals surface area (Å²) in [4.78, 5) is 11.7. The van der Waals surface area contributed by atoms with E-state index in [-0.39, 0.29) is 10.7 Å². The van der Waals surface area contributed by atoms with Crippen LogP contribution < -0.4 is 5.32 Å². The maximum Gasteiger partial charge on any atom is 0.426 e. The lowest BCUT2D eigenvalue weighted by Crippen LogP contribution is -2.52. The highest BCUT2D eigenvalue weighted by Crippen LogP contribution is 2.32. The van der Waals surface area contributed by atoms with Crippen LogP contribution in [-0.4, -0.2) is 22.8 Å². The van der Waals surface area contributed by atoms with Gasteiger partial charge in [-0.25, -0.2) is 0 Å². The van der Waals surface area contributed by atoms with Crippen molar-refractivity contribution < 1.29 is 23.1 Å². The maximum absolute atomic E-state index is 12.6. The molecule has 3 nitrogen and oxygen atoms in total. The van der Waals surface area contributed by atoms with Crippen molar-refractivity contribution in [2.75, 3.05) is 5.32 Å². The Bertz CT molecular complexity index is 730. The molecule has 0 aliphatic heterocycles. The Balaban J connectivity index is 2.14. The molecule has 0 aliphatic rings. The van der Waals surface area contributed by atoms with E-state index in [0.29, 0.717) is 13.3 Å². The molecule has 2 aromatic rings. The van der Waals surface area contributed by atoms with E-state index in [4.69, 9.17) is 11.6 Å². The van der Waals surface area contributed by atoms with E-state index in [2.05, 4.69) is 0 Å². The molecule has 7 heteroatoms. The molecule has 1 amide bonds. The van der Waals surface area contributed by atoms with Crippen molar-refractivity contribution in [2.24, 2.45) is 0 Å². The summed E-state index contributed by atoms with van der Waals surface area (Å²) in [6, 6.07) is 14.2. The van der Waals surface area contributed by atoms with Crippen LogP contribution in [0.5, 0.6) is 0 Å². The number of nitrogens with one attached hydrogen (secondary N) is 1. The molecule has 0 bridgehead atoms. The number of halogens is 4. The third-order valence-corrected chi connectivity index (χ3v) is 3.84. The summed E-state index contributed by atoms with van der Waals surface area (Å²) >= 11 is 6.03. The molecule has 1 atom stereocenters. The average molecular weight is 358 g/mol. The molecule has 0 heterocycles. The predicted octanol–water partition coefficient (Wildman–Crippen LogP) is 4.18. The van der Waals surface area contributed by atoms with Crippen LogP contribution in [-0.2, 0) is 11.2 Å². The largest absolute Gasteiger partial charge is 0.426 e. The first-order valence-corrected chi connectivity index (χ1v) is 7.42. The minimum Gasteiger partial charge on any atom is -0.373 e. The SMILES string of the molecule is CC(O)(C(=O)Nc1ccc(Cc2ccccc2)cc1Cl)C(F)(F)F. The summed E-state index contributed by atoms with van der Waals surface area (Å²) in [6.45, 7) is 0.389. The summed E-state index contributed by atoms with van der Waals surface area (Å²) in [6.07, 6.45) is -4.49. The Morgan fingerprint density at radius 3 is 2.29 bits per heavy atom. The summed E-state index contributed by atoms with van der Waals surface area (Å²) in [5.41, 5.74) is -1.61. The number of hydrogen-bond donors (Lipinski definition) is 2. The molecular formula is C17H15ClF3NO2. The quantitative estimate of drug-likeness (QED) is 0.862. The topological polar surface area (TPSA) is 49.3 Å². The van der Waals surface area contributed by atoms with Crippen LogP contribution in [0.2, 0.25) is 5.02 Å². The van der Waals surface area contributed by atoms with Crippen molar-refractivity contribution in [3.63, 3.8) is 0 Å². The number of aliphatic hydroxyl groups is 1. The third kappa shape index (κ3) is 4.07. The number of carbonyl (C=O) groups is 1. The molecule has 2 N–H and O–H groups in total. The van der Waals surface area contributed by atoms with E-state index < -0.39 is 17.7 Å². The number of anilines is 1.